The molecule has 3 nitrogen and oxygen atoms in total. The summed E-state index contributed by atoms with van der Waals surface area (Å²) in [6.07, 6.45) is 2.59. The van der Waals surface area contributed by atoms with Gasteiger partial charge in [-0.05, 0) is 52.5 Å². The number of piperazine rings is 1. The molecule has 20 heavy (non-hydrogen) atoms. The topological polar surface area (TPSA) is 18.5 Å². The standard InChI is InChI=1S/C17H29N3/c1-17(16-9-5-4-6-10-16)15-20(14-11-18-17)13-8-7-12-19(2)3/h4-6,9-10,18H,7-8,11-15H2,1-3H3. The van der Waals surface area contributed by atoms with E-state index in [-0.39, 0.29) is 5.54 Å². The largest absolute Gasteiger partial charge is 0.309 e. The van der Waals surface area contributed by atoms with Crippen molar-refractivity contribution >= 4 is 0 Å². The van der Waals surface area contributed by atoms with E-state index in [1.54, 1.807) is 0 Å². The van der Waals surface area contributed by atoms with Gasteiger partial charge in [-0.25, -0.2) is 0 Å². The fourth-order valence-corrected chi connectivity index (χ4v) is 3.03. The molecule has 1 aliphatic rings. The van der Waals surface area contributed by atoms with Crippen LogP contribution in [0.15, 0.2) is 30.3 Å². The van der Waals surface area contributed by atoms with Crippen molar-refractivity contribution in [2.75, 3.05) is 46.8 Å². The second kappa shape index (κ2) is 7.21. The van der Waals surface area contributed by atoms with Crippen molar-refractivity contribution in [2.24, 2.45) is 0 Å². The van der Waals surface area contributed by atoms with E-state index in [9.17, 15) is 0 Å². The van der Waals surface area contributed by atoms with Crippen LogP contribution in [-0.2, 0) is 5.54 Å². The molecule has 0 radical (unpaired) electrons. The molecule has 1 unspecified atom stereocenters. The van der Waals surface area contributed by atoms with E-state index in [1.807, 2.05) is 0 Å². The Morgan fingerprint density at radius 3 is 2.65 bits per heavy atom. The molecule has 112 valence electrons. The maximum atomic E-state index is 3.70. The van der Waals surface area contributed by atoms with Crippen molar-refractivity contribution in [2.45, 2.75) is 25.3 Å². The molecule has 1 atom stereocenters. The van der Waals surface area contributed by atoms with Crippen LogP contribution in [0, 0.1) is 0 Å². The fourth-order valence-electron chi connectivity index (χ4n) is 3.03. The molecule has 0 spiro atoms. The number of benzene rings is 1. The Hall–Kier alpha value is -0.900. The van der Waals surface area contributed by atoms with Gasteiger partial charge in [-0.3, -0.25) is 4.90 Å². The molecule has 1 aromatic carbocycles. The van der Waals surface area contributed by atoms with Crippen LogP contribution in [-0.4, -0.2) is 56.6 Å². The van der Waals surface area contributed by atoms with E-state index in [1.165, 1.54) is 38.0 Å². The van der Waals surface area contributed by atoms with Gasteiger partial charge in [0.1, 0.15) is 0 Å². The molecule has 1 aromatic rings. The average Bonchev–Trinajstić information content (AvgIpc) is 2.45. The van der Waals surface area contributed by atoms with Crippen LogP contribution in [0.5, 0.6) is 0 Å². The van der Waals surface area contributed by atoms with Gasteiger partial charge in [-0.15, -0.1) is 0 Å². The third-order valence-electron chi connectivity index (χ3n) is 4.22. The van der Waals surface area contributed by atoms with E-state index in [0.29, 0.717) is 0 Å². The van der Waals surface area contributed by atoms with Crippen LogP contribution in [0.4, 0.5) is 0 Å². The van der Waals surface area contributed by atoms with Gasteiger partial charge < -0.3 is 10.2 Å². The summed E-state index contributed by atoms with van der Waals surface area (Å²) >= 11 is 0. The molecule has 2 rings (SSSR count). The Kier molecular flexibility index (Phi) is 5.58. The highest BCUT2D eigenvalue weighted by atomic mass is 15.2. The van der Waals surface area contributed by atoms with Crippen LogP contribution >= 0.6 is 0 Å². The smallest absolute Gasteiger partial charge is 0.0535 e. The first-order valence-corrected chi connectivity index (χ1v) is 7.78. The predicted octanol–water partition coefficient (Wildman–Crippen LogP) is 2.15. The van der Waals surface area contributed by atoms with Crippen LogP contribution in [0.2, 0.25) is 0 Å². The van der Waals surface area contributed by atoms with E-state index in [4.69, 9.17) is 0 Å². The fraction of sp³-hybridized carbons (Fsp3) is 0.647. The Morgan fingerprint density at radius 1 is 1.20 bits per heavy atom. The summed E-state index contributed by atoms with van der Waals surface area (Å²) < 4.78 is 0. The number of hydrogen-bond donors (Lipinski definition) is 1. The van der Waals surface area contributed by atoms with Gasteiger partial charge in [0.25, 0.3) is 0 Å². The first-order chi connectivity index (χ1) is 9.60. The van der Waals surface area contributed by atoms with Gasteiger partial charge in [-0.2, -0.15) is 0 Å². The molecule has 1 fully saturated rings. The second-order valence-electron chi connectivity index (χ2n) is 6.41. The van der Waals surface area contributed by atoms with Crippen molar-refractivity contribution in [1.82, 2.24) is 15.1 Å². The monoisotopic (exact) mass is 275 g/mol. The van der Waals surface area contributed by atoms with Gasteiger partial charge in [0, 0.05) is 19.6 Å². The minimum atomic E-state index is 0.0983. The SMILES string of the molecule is CN(C)CCCCN1CCNC(C)(c2ccccc2)C1. The number of unbranched alkanes of at least 4 members (excludes halogenated alkanes) is 1. The normalized spacial score (nSPS) is 24.2. The number of nitrogens with one attached hydrogen (secondary N) is 1. The number of rotatable bonds is 6. The highest BCUT2D eigenvalue weighted by Gasteiger charge is 2.31. The van der Waals surface area contributed by atoms with Crippen LogP contribution in [0.3, 0.4) is 0 Å². The first-order valence-electron chi connectivity index (χ1n) is 7.78. The maximum Gasteiger partial charge on any atom is 0.0535 e. The molecule has 3 heteroatoms. The van der Waals surface area contributed by atoms with Gasteiger partial charge in [0.05, 0.1) is 5.54 Å². The second-order valence-corrected chi connectivity index (χ2v) is 6.41. The minimum absolute atomic E-state index is 0.0983. The van der Waals surface area contributed by atoms with E-state index in [2.05, 4.69) is 66.5 Å². The maximum absolute atomic E-state index is 3.70. The lowest BCUT2D eigenvalue weighted by molar-refractivity contribution is 0.140. The highest BCUT2D eigenvalue weighted by molar-refractivity contribution is 5.24. The molecule has 0 aromatic heterocycles. The summed E-state index contributed by atoms with van der Waals surface area (Å²) in [5.41, 5.74) is 1.50. The molecule has 0 amide bonds. The molecular weight excluding hydrogens is 246 g/mol. The number of hydrogen-bond acceptors (Lipinski definition) is 3. The van der Waals surface area contributed by atoms with E-state index < -0.39 is 0 Å². The molecule has 0 aliphatic carbocycles. The van der Waals surface area contributed by atoms with Gasteiger partial charge >= 0.3 is 0 Å². The summed E-state index contributed by atoms with van der Waals surface area (Å²) in [4.78, 5) is 4.88. The van der Waals surface area contributed by atoms with Crippen LogP contribution < -0.4 is 5.32 Å². The average molecular weight is 275 g/mol. The zero-order chi connectivity index (χ0) is 14.4. The quantitative estimate of drug-likeness (QED) is 0.803. The van der Waals surface area contributed by atoms with Gasteiger partial charge in [0.15, 0.2) is 0 Å². The summed E-state index contributed by atoms with van der Waals surface area (Å²) in [6, 6.07) is 10.8. The lowest BCUT2D eigenvalue weighted by atomic mass is 9.89. The molecule has 1 N–H and O–H groups in total. The third-order valence-corrected chi connectivity index (χ3v) is 4.22. The Balaban J connectivity index is 1.85. The van der Waals surface area contributed by atoms with Gasteiger partial charge in [-0.1, -0.05) is 30.3 Å². The molecule has 1 aliphatic heterocycles. The third kappa shape index (κ3) is 4.30. The summed E-state index contributed by atoms with van der Waals surface area (Å²) in [5.74, 6) is 0. The minimum Gasteiger partial charge on any atom is -0.309 e. The van der Waals surface area contributed by atoms with Crippen LogP contribution in [0.25, 0.3) is 0 Å². The molecule has 1 saturated heterocycles. The van der Waals surface area contributed by atoms with Gasteiger partial charge in [0.2, 0.25) is 0 Å². The van der Waals surface area contributed by atoms with Crippen molar-refractivity contribution in [3.63, 3.8) is 0 Å². The summed E-state index contributed by atoms with van der Waals surface area (Å²) in [6.45, 7) is 8.11. The first kappa shape index (κ1) is 15.5. The van der Waals surface area contributed by atoms with Crippen molar-refractivity contribution in [3.05, 3.63) is 35.9 Å². The Bertz CT molecular complexity index is 390. The van der Waals surface area contributed by atoms with Crippen LogP contribution in [0.1, 0.15) is 25.3 Å². The van der Waals surface area contributed by atoms with Crippen molar-refractivity contribution in [1.29, 1.82) is 0 Å². The Morgan fingerprint density at radius 2 is 1.95 bits per heavy atom. The zero-order valence-electron chi connectivity index (χ0n) is 13.2. The van der Waals surface area contributed by atoms with Crippen molar-refractivity contribution < 1.29 is 0 Å². The predicted molar refractivity (Wildman–Crippen MR) is 86.0 cm³/mol. The lowest BCUT2D eigenvalue weighted by Gasteiger charge is -2.42. The van der Waals surface area contributed by atoms with E-state index in [0.717, 1.165) is 13.1 Å². The molecular formula is C17H29N3. The Labute approximate surface area is 124 Å². The molecule has 0 bridgehead atoms. The molecule has 1 heterocycles. The number of nitrogens with zero attached hydrogens (tertiary/aromatic N) is 2. The zero-order valence-corrected chi connectivity index (χ0v) is 13.2. The summed E-state index contributed by atoms with van der Waals surface area (Å²) in [5, 5.41) is 3.70. The summed E-state index contributed by atoms with van der Waals surface area (Å²) in [7, 11) is 4.30. The lowest BCUT2D eigenvalue weighted by Crippen LogP contribution is -2.56. The van der Waals surface area contributed by atoms with E-state index >= 15 is 0 Å². The molecule has 0 saturated carbocycles. The highest BCUT2D eigenvalue weighted by Crippen LogP contribution is 2.24. The van der Waals surface area contributed by atoms with Crippen molar-refractivity contribution in [3.8, 4) is 0 Å².